The molecule has 2 heterocycles. The van der Waals surface area contributed by atoms with Crippen LogP contribution in [0.1, 0.15) is 39.0 Å². The van der Waals surface area contributed by atoms with Crippen molar-refractivity contribution < 1.29 is 22.7 Å². The number of carbonyl (C=O) groups is 1. The lowest BCUT2D eigenvalue weighted by Gasteiger charge is -2.38. The molecule has 1 aromatic carbocycles. The van der Waals surface area contributed by atoms with Crippen LogP contribution in [0, 0.1) is 11.3 Å². The van der Waals surface area contributed by atoms with Crippen molar-refractivity contribution in [2.45, 2.75) is 55.5 Å². The van der Waals surface area contributed by atoms with Crippen LogP contribution in [0.25, 0.3) is 0 Å². The molecule has 1 aromatic rings. The van der Waals surface area contributed by atoms with Crippen LogP contribution in [0.4, 0.5) is 0 Å². The number of nitrogens with one attached hydrogen (secondary N) is 1. The Morgan fingerprint density at radius 2 is 1.75 bits per heavy atom. The lowest BCUT2D eigenvalue weighted by Crippen LogP contribution is -2.58. The zero-order valence-electron chi connectivity index (χ0n) is 18.4. The molecule has 3 aliphatic rings. The van der Waals surface area contributed by atoms with E-state index in [4.69, 9.17) is 9.47 Å². The fourth-order valence-corrected chi connectivity index (χ4v) is 6.03. The predicted molar refractivity (Wildman–Crippen MR) is 117 cm³/mol. The van der Waals surface area contributed by atoms with Crippen molar-refractivity contribution in [1.29, 1.82) is 5.26 Å². The number of fused-ring (bicyclic) bond motifs is 1. The number of hydrogen-bond acceptors (Lipinski definition) is 7. The summed E-state index contributed by atoms with van der Waals surface area (Å²) in [5.41, 5.74) is -0.771. The highest BCUT2D eigenvalue weighted by Crippen LogP contribution is 2.33. The molecule has 10 heteroatoms. The van der Waals surface area contributed by atoms with Crippen molar-refractivity contribution >= 4 is 15.9 Å². The van der Waals surface area contributed by atoms with E-state index in [1.54, 1.807) is 6.07 Å². The Morgan fingerprint density at radius 3 is 2.41 bits per heavy atom. The van der Waals surface area contributed by atoms with Crippen molar-refractivity contribution in [3.05, 3.63) is 18.2 Å². The summed E-state index contributed by atoms with van der Waals surface area (Å²) in [7, 11) is -3.67. The number of nitrogens with zero attached hydrogens (tertiary/aromatic N) is 3. The predicted octanol–water partition coefficient (Wildman–Crippen LogP) is 1.50. The van der Waals surface area contributed by atoms with E-state index in [0.29, 0.717) is 50.6 Å². The first-order valence-electron chi connectivity index (χ1n) is 11.2. The van der Waals surface area contributed by atoms with Gasteiger partial charge >= 0.3 is 0 Å². The molecule has 1 unspecified atom stereocenters. The average molecular weight is 463 g/mol. The van der Waals surface area contributed by atoms with E-state index < -0.39 is 21.6 Å². The number of rotatable bonds is 5. The number of piperazine rings is 1. The summed E-state index contributed by atoms with van der Waals surface area (Å²) >= 11 is 0. The van der Waals surface area contributed by atoms with Gasteiger partial charge in [0.25, 0.3) is 0 Å². The minimum atomic E-state index is -3.67. The minimum Gasteiger partial charge on any atom is -0.486 e. The first-order valence-corrected chi connectivity index (χ1v) is 12.7. The molecule has 0 radical (unpaired) electrons. The molecule has 2 fully saturated rings. The lowest BCUT2D eigenvalue weighted by molar-refractivity contribution is -0.128. The Kier molecular flexibility index (Phi) is 6.60. The Morgan fingerprint density at radius 1 is 1.09 bits per heavy atom. The Labute approximate surface area is 189 Å². The highest BCUT2D eigenvalue weighted by Gasteiger charge is 2.37. The van der Waals surface area contributed by atoms with Gasteiger partial charge in [0.05, 0.1) is 17.0 Å². The van der Waals surface area contributed by atoms with Crippen LogP contribution in [0.5, 0.6) is 11.5 Å². The van der Waals surface area contributed by atoms with Crippen LogP contribution in [-0.2, 0) is 14.8 Å². The van der Waals surface area contributed by atoms with Crippen LogP contribution in [0.15, 0.2) is 23.1 Å². The van der Waals surface area contributed by atoms with Gasteiger partial charge in [0.2, 0.25) is 15.9 Å². The van der Waals surface area contributed by atoms with Gasteiger partial charge in [0, 0.05) is 32.2 Å². The Hall–Kier alpha value is -2.35. The molecule has 0 aromatic heterocycles. The van der Waals surface area contributed by atoms with Crippen LogP contribution in [0.2, 0.25) is 0 Å². The minimum absolute atomic E-state index is 0.170. The molecule has 0 spiro atoms. The standard InChI is InChI=1S/C22H30N4O5S/c1-17(21(27)24-22(16-23)7-3-2-4-8-22)25-9-11-26(12-10-25)32(28,29)18-5-6-19-20(15-18)31-14-13-30-19/h5-6,15,17H,2-4,7-14H2,1H3,(H,24,27). The van der Waals surface area contributed by atoms with E-state index in [1.165, 1.54) is 16.4 Å². The van der Waals surface area contributed by atoms with E-state index in [9.17, 15) is 18.5 Å². The maximum Gasteiger partial charge on any atom is 0.243 e. The van der Waals surface area contributed by atoms with Gasteiger partial charge in [-0.2, -0.15) is 9.57 Å². The molecule has 2 aliphatic heterocycles. The van der Waals surface area contributed by atoms with Gasteiger partial charge in [0.1, 0.15) is 18.8 Å². The number of hydrogen-bond donors (Lipinski definition) is 1. The molecular formula is C22H30N4O5S. The van der Waals surface area contributed by atoms with Crippen LogP contribution in [0.3, 0.4) is 0 Å². The number of amides is 1. The van der Waals surface area contributed by atoms with Crippen molar-refractivity contribution in [3.63, 3.8) is 0 Å². The number of benzene rings is 1. The quantitative estimate of drug-likeness (QED) is 0.706. The summed E-state index contributed by atoms with van der Waals surface area (Å²) in [6.45, 7) is 4.12. The highest BCUT2D eigenvalue weighted by atomic mass is 32.2. The molecule has 1 saturated carbocycles. The summed E-state index contributed by atoms with van der Waals surface area (Å²) in [6, 6.07) is 6.56. The number of nitriles is 1. The summed E-state index contributed by atoms with van der Waals surface area (Å²) < 4.78 is 38.7. The Balaban J connectivity index is 1.37. The highest BCUT2D eigenvalue weighted by molar-refractivity contribution is 7.89. The van der Waals surface area contributed by atoms with Crippen LogP contribution < -0.4 is 14.8 Å². The molecule has 1 N–H and O–H groups in total. The van der Waals surface area contributed by atoms with E-state index in [-0.39, 0.29) is 23.9 Å². The summed E-state index contributed by atoms with van der Waals surface area (Å²) in [5, 5.41) is 12.6. The second-order valence-corrected chi connectivity index (χ2v) is 10.6. The molecule has 1 saturated heterocycles. The molecule has 1 amide bonds. The number of carbonyl (C=O) groups excluding carboxylic acids is 1. The third-order valence-corrected chi connectivity index (χ3v) is 8.53. The number of ether oxygens (including phenoxy) is 2. The van der Waals surface area contributed by atoms with Gasteiger partial charge in [-0.15, -0.1) is 0 Å². The topological polar surface area (TPSA) is 112 Å². The van der Waals surface area contributed by atoms with Gasteiger partial charge < -0.3 is 14.8 Å². The molecular weight excluding hydrogens is 432 g/mol. The molecule has 9 nitrogen and oxygen atoms in total. The average Bonchev–Trinajstić information content (AvgIpc) is 2.83. The monoisotopic (exact) mass is 462 g/mol. The molecule has 0 bridgehead atoms. The summed E-state index contributed by atoms with van der Waals surface area (Å²) in [4.78, 5) is 15.0. The zero-order valence-corrected chi connectivity index (χ0v) is 19.2. The normalized spacial score (nSPS) is 22.5. The zero-order chi connectivity index (χ0) is 22.8. The molecule has 4 rings (SSSR count). The van der Waals surface area contributed by atoms with E-state index in [2.05, 4.69) is 11.4 Å². The van der Waals surface area contributed by atoms with Gasteiger partial charge in [-0.25, -0.2) is 8.42 Å². The van der Waals surface area contributed by atoms with Gasteiger partial charge in [-0.05, 0) is 31.9 Å². The molecule has 1 atom stereocenters. The second-order valence-electron chi connectivity index (χ2n) is 8.67. The third kappa shape index (κ3) is 4.56. The summed E-state index contributed by atoms with van der Waals surface area (Å²) in [5.74, 6) is 0.819. The van der Waals surface area contributed by atoms with Gasteiger partial charge in [-0.3, -0.25) is 9.69 Å². The maximum absolute atomic E-state index is 13.1. The second kappa shape index (κ2) is 9.25. The van der Waals surface area contributed by atoms with Crippen molar-refractivity contribution in [3.8, 4) is 17.6 Å². The number of sulfonamides is 1. The van der Waals surface area contributed by atoms with Gasteiger partial charge in [0.15, 0.2) is 11.5 Å². The van der Waals surface area contributed by atoms with Gasteiger partial charge in [-0.1, -0.05) is 19.3 Å². The van der Waals surface area contributed by atoms with E-state index in [1.807, 2.05) is 11.8 Å². The van der Waals surface area contributed by atoms with Crippen molar-refractivity contribution in [1.82, 2.24) is 14.5 Å². The smallest absolute Gasteiger partial charge is 0.243 e. The molecule has 1 aliphatic carbocycles. The summed E-state index contributed by atoms with van der Waals surface area (Å²) in [6.07, 6.45) is 4.35. The molecule has 32 heavy (non-hydrogen) atoms. The molecule has 174 valence electrons. The Bertz CT molecular complexity index is 992. The van der Waals surface area contributed by atoms with Crippen molar-refractivity contribution in [2.75, 3.05) is 39.4 Å². The first kappa shape index (κ1) is 22.8. The van der Waals surface area contributed by atoms with E-state index in [0.717, 1.165) is 19.3 Å². The first-order chi connectivity index (χ1) is 15.3. The maximum atomic E-state index is 13.1. The lowest BCUT2D eigenvalue weighted by atomic mass is 9.82. The van der Waals surface area contributed by atoms with E-state index >= 15 is 0 Å². The fourth-order valence-electron chi connectivity index (χ4n) is 4.59. The fraction of sp³-hybridized carbons (Fsp3) is 0.636. The third-order valence-electron chi connectivity index (χ3n) is 6.64. The van der Waals surface area contributed by atoms with Crippen LogP contribution in [-0.4, -0.2) is 74.5 Å². The van der Waals surface area contributed by atoms with Crippen molar-refractivity contribution in [2.24, 2.45) is 0 Å². The van der Waals surface area contributed by atoms with Crippen LogP contribution >= 0.6 is 0 Å². The SMILES string of the molecule is CC(C(=O)NC1(C#N)CCCCC1)N1CCN(S(=O)(=O)c2ccc3c(c2)OCCO3)CC1. The largest absolute Gasteiger partial charge is 0.486 e.